The van der Waals surface area contributed by atoms with Crippen LogP contribution >= 0.6 is 15.9 Å². The number of para-hydroxylation sites is 1. The van der Waals surface area contributed by atoms with Crippen molar-refractivity contribution in [3.8, 4) is 5.75 Å². The third-order valence-electron chi connectivity index (χ3n) is 2.71. The number of amides is 1. The fraction of sp³-hybridized carbons (Fsp3) is 0. The second kappa shape index (κ2) is 6.81. The van der Waals surface area contributed by atoms with E-state index in [1.165, 1.54) is 36.5 Å². The monoisotopic (exact) mass is 363 g/mol. The van der Waals surface area contributed by atoms with Crippen LogP contribution in [0.15, 0.2) is 52.0 Å². The van der Waals surface area contributed by atoms with Crippen molar-refractivity contribution in [2.45, 2.75) is 0 Å². The molecule has 0 atom stereocenters. The molecule has 0 radical (unpaired) electrons. The molecule has 0 aliphatic carbocycles. The van der Waals surface area contributed by atoms with Crippen molar-refractivity contribution in [1.29, 1.82) is 0 Å². The van der Waals surface area contributed by atoms with Gasteiger partial charge in [-0.15, -0.1) is 0 Å². The Kier molecular flexibility index (Phi) is 4.84. The lowest BCUT2D eigenvalue weighted by atomic mass is 10.2. The van der Waals surface area contributed by atoms with Crippen molar-refractivity contribution in [3.05, 3.63) is 68.2 Å². The number of nitrogens with one attached hydrogen (secondary N) is 1. The molecule has 0 heterocycles. The van der Waals surface area contributed by atoms with E-state index in [1.54, 1.807) is 12.1 Å². The zero-order valence-corrected chi connectivity index (χ0v) is 12.6. The van der Waals surface area contributed by atoms with Crippen LogP contribution in [0.2, 0.25) is 0 Å². The number of carbonyl (C=O) groups excluding carboxylic acids is 1. The molecule has 0 bridgehead atoms. The molecule has 112 valence electrons. The lowest BCUT2D eigenvalue weighted by Gasteiger charge is -2.03. The third kappa shape index (κ3) is 3.67. The number of nitrogens with zero attached hydrogens (tertiary/aromatic N) is 2. The number of hydrogen-bond donors (Lipinski definition) is 2. The lowest BCUT2D eigenvalue weighted by Crippen LogP contribution is -2.17. The number of hydrazone groups is 1. The van der Waals surface area contributed by atoms with Crippen LogP contribution in [0.5, 0.6) is 5.75 Å². The van der Waals surface area contributed by atoms with Gasteiger partial charge >= 0.3 is 0 Å². The number of benzene rings is 2. The molecule has 2 aromatic rings. The molecule has 0 spiro atoms. The average Bonchev–Trinajstić information content (AvgIpc) is 2.50. The van der Waals surface area contributed by atoms with Gasteiger partial charge in [0.2, 0.25) is 0 Å². The highest BCUT2D eigenvalue weighted by molar-refractivity contribution is 9.10. The maximum Gasteiger partial charge on any atom is 0.278 e. The Bertz CT molecular complexity index is 762. The molecule has 2 rings (SSSR count). The van der Waals surface area contributed by atoms with Crippen LogP contribution in [0.4, 0.5) is 5.69 Å². The van der Waals surface area contributed by atoms with E-state index in [9.17, 15) is 20.0 Å². The van der Waals surface area contributed by atoms with E-state index in [0.29, 0.717) is 4.47 Å². The minimum absolute atomic E-state index is 0.0362. The highest BCUT2D eigenvalue weighted by Gasteiger charge is 2.12. The Labute approximate surface area is 133 Å². The van der Waals surface area contributed by atoms with Gasteiger partial charge in [-0.3, -0.25) is 14.9 Å². The van der Waals surface area contributed by atoms with Gasteiger partial charge in [-0.25, -0.2) is 5.43 Å². The van der Waals surface area contributed by atoms with Crippen LogP contribution < -0.4 is 5.43 Å². The predicted molar refractivity (Wildman–Crippen MR) is 84.0 cm³/mol. The Hall–Kier alpha value is -2.74. The number of nitro benzene ring substituents is 1. The quantitative estimate of drug-likeness (QED) is 0.494. The topological polar surface area (TPSA) is 105 Å². The third-order valence-corrected chi connectivity index (χ3v) is 3.20. The Balaban J connectivity index is 2.14. The molecule has 0 aliphatic heterocycles. The zero-order chi connectivity index (χ0) is 16.1. The number of carbonyl (C=O) groups is 1. The van der Waals surface area contributed by atoms with Gasteiger partial charge in [0.1, 0.15) is 5.75 Å². The molecule has 8 heteroatoms. The Morgan fingerprint density at radius 3 is 2.77 bits per heavy atom. The summed E-state index contributed by atoms with van der Waals surface area (Å²) in [5.74, 6) is -0.824. The largest absolute Gasteiger partial charge is 0.507 e. The van der Waals surface area contributed by atoms with E-state index < -0.39 is 10.8 Å². The minimum Gasteiger partial charge on any atom is -0.507 e. The molecule has 0 aliphatic rings. The summed E-state index contributed by atoms with van der Waals surface area (Å²) in [6.45, 7) is 0. The van der Waals surface area contributed by atoms with Crippen molar-refractivity contribution < 1.29 is 14.8 Å². The molecule has 2 aromatic carbocycles. The average molecular weight is 364 g/mol. The molecule has 0 fully saturated rings. The van der Waals surface area contributed by atoms with Crippen molar-refractivity contribution in [2.75, 3.05) is 0 Å². The number of hydrogen-bond acceptors (Lipinski definition) is 5. The smallest absolute Gasteiger partial charge is 0.278 e. The Morgan fingerprint density at radius 2 is 2.05 bits per heavy atom. The highest BCUT2D eigenvalue weighted by atomic mass is 79.9. The van der Waals surface area contributed by atoms with Crippen LogP contribution in [0.25, 0.3) is 0 Å². The van der Waals surface area contributed by atoms with Crippen LogP contribution in [0.1, 0.15) is 15.9 Å². The first-order valence-electron chi connectivity index (χ1n) is 6.04. The Morgan fingerprint density at radius 1 is 1.32 bits per heavy atom. The van der Waals surface area contributed by atoms with Crippen LogP contribution in [0, 0.1) is 10.1 Å². The van der Waals surface area contributed by atoms with Crippen LogP contribution in [0.3, 0.4) is 0 Å². The first-order valence-corrected chi connectivity index (χ1v) is 6.83. The van der Waals surface area contributed by atoms with Crippen molar-refractivity contribution in [3.63, 3.8) is 0 Å². The van der Waals surface area contributed by atoms with Gasteiger partial charge in [-0.2, -0.15) is 5.10 Å². The molecule has 0 unspecified atom stereocenters. The summed E-state index contributed by atoms with van der Waals surface area (Å²) in [4.78, 5) is 22.2. The zero-order valence-electron chi connectivity index (χ0n) is 11.1. The highest BCUT2D eigenvalue weighted by Crippen LogP contribution is 2.21. The summed E-state index contributed by atoms with van der Waals surface area (Å²) in [6.07, 6.45) is 1.17. The van der Waals surface area contributed by atoms with Gasteiger partial charge in [-0.05, 0) is 24.3 Å². The van der Waals surface area contributed by atoms with Gasteiger partial charge in [0.05, 0.1) is 22.3 Å². The van der Waals surface area contributed by atoms with E-state index in [2.05, 4.69) is 26.5 Å². The molecule has 0 saturated carbocycles. The number of halogens is 1. The van der Waals surface area contributed by atoms with E-state index >= 15 is 0 Å². The fourth-order valence-corrected chi connectivity index (χ4v) is 2.03. The van der Waals surface area contributed by atoms with Gasteiger partial charge in [0.15, 0.2) is 0 Å². The van der Waals surface area contributed by atoms with E-state index in [0.717, 1.165) is 0 Å². The van der Waals surface area contributed by atoms with Crippen molar-refractivity contribution >= 4 is 33.7 Å². The molecular weight excluding hydrogens is 354 g/mol. The van der Waals surface area contributed by atoms with E-state index in [-0.39, 0.29) is 22.6 Å². The number of phenols is 1. The standard InChI is InChI=1S/C14H10BrN3O4/c15-10-5-6-13(19)11(7-10)14(20)17-16-8-9-3-1-2-4-12(9)18(21)22/h1-8,19H,(H,17,20). The summed E-state index contributed by atoms with van der Waals surface area (Å²) in [7, 11) is 0. The van der Waals surface area contributed by atoms with E-state index in [4.69, 9.17) is 0 Å². The number of aromatic hydroxyl groups is 1. The van der Waals surface area contributed by atoms with Gasteiger partial charge in [0, 0.05) is 10.5 Å². The summed E-state index contributed by atoms with van der Waals surface area (Å²) >= 11 is 3.19. The molecule has 0 saturated heterocycles. The second-order valence-corrected chi connectivity index (χ2v) is 5.09. The molecule has 7 nitrogen and oxygen atoms in total. The molecule has 0 aromatic heterocycles. The minimum atomic E-state index is -0.631. The van der Waals surface area contributed by atoms with Gasteiger partial charge in [-0.1, -0.05) is 28.1 Å². The summed E-state index contributed by atoms with van der Waals surface area (Å²) < 4.78 is 0.623. The first-order chi connectivity index (χ1) is 10.5. The van der Waals surface area contributed by atoms with Gasteiger partial charge < -0.3 is 5.11 Å². The maximum absolute atomic E-state index is 11.9. The number of phenolic OH excluding ortho intramolecular Hbond substituents is 1. The van der Waals surface area contributed by atoms with Gasteiger partial charge in [0.25, 0.3) is 11.6 Å². The van der Waals surface area contributed by atoms with Crippen molar-refractivity contribution in [1.82, 2.24) is 5.43 Å². The molecule has 2 N–H and O–H groups in total. The normalized spacial score (nSPS) is 10.6. The summed E-state index contributed by atoms with van der Waals surface area (Å²) in [5.41, 5.74) is 2.38. The van der Waals surface area contributed by atoms with Crippen LogP contribution in [-0.4, -0.2) is 22.2 Å². The SMILES string of the molecule is O=C(NN=Cc1ccccc1[N+](=O)[O-])c1cc(Br)ccc1O. The molecular formula is C14H10BrN3O4. The van der Waals surface area contributed by atoms with Crippen molar-refractivity contribution in [2.24, 2.45) is 5.10 Å². The molecule has 22 heavy (non-hydrogen) atoms. The second-order valence-electron chi connectivity index (χ2n) is 4.18. The predicted octanol–water partition coefficient (Wildman–Crippen LogP) is 2.83. The molecule has 1 amide bonds. The van der Waals surface area contributed by atoms with E-state index in [1.807, 2.05) is 0 Å². The lowest BCUT2D eigenvalue weighted by molar-refractivity contribution is -0.385. The fourth-order valence-electron chi connectivity index (χ4n) is 1.67. The maximum atomic E-state index is 11.9. The number of nitro groups is 1. The number of rotatable bonds is 4. The first kappa shape index (κ1) is 15.6. The summed E-state index contributed by atoms with van der Waals surface area (Å²) in [6, 6.07) is 10.4. The summed E-state index contributed by atoms with van der Waals surface area (Å²) in [5, 5.41) is 24.1. The van der Waals surface area contributed by atoms with Crippen LogP contribution in [-0.2, 0) is 0 Å².